The van der Waals surface area contributed by atoms with Gasteiger partial charge in [-0.05, 0) is 75.6 Å². The van der Waals surface area contributed by atoms with Gasteiger partial charge in [0.1, 0.15) is 12.6 Å². The maximum atomic E-state index is 14.0. The van der Waals surface area contributed by atoms with Crippen molar-refractivity contribution in [1.29, 1.82) is 0 Å². The Kier molecular flexibility index (Phi) is 10.2. The second-order valence-corrected chi connectivity index (χ2v) is 12.1. The van der Waals surface area contributed by atoms with Crippen molar-refractivity contribution >= 4 is 39.1 Å². The number of hydrogen-bond donors (Lipinski definition) is 1. The first-order valence-electron chi connectivity index (χ1n) is 12.9. The van der Waals surface area contributed by atoms with Gasteiger partial charge in [0.15, 0.2) is 0 Å². The van der Waals surface area contributed by atoms with E-state index in [2.05, 4.69) is 5.32 Å². The summed E-state index contributed by atoms with van der Waals surface area (Å²) in [4.78, 5) is 28.6. The lowest BCUT2D eigenvalue weighted by atomic mass is 10.1. The molecule has 0 spiro atoms. The van der Waals surface area contributed by atoms with Gasteiger partial charge in [-0.15, -0.1) is 0 Å². The number of rotatable bonds is 11. The Labute approximate surface area is 236 Å². The number of nitrogens with zero attached hydrogens (tertiary/aromatic N) is 2. The molecule has 0 radical (unpaired) electrons. The zero-order valence-electron chi connectivity index (χ0n) is 23.0. The third kappa shape index (κ3) is 7.61. The molecule has 0 aliphatic carbocycles. The summed E-state index contributed by atoms with van der Waals surface area (Å²) in [5.41, 5.74) is 2.86. The van der Waals surface area contributed by atoms with Crippen LogP contribution in [0.3, 0.4) is 0 Å². The number of carbonyl (C=O) groups is 2. The summed E-state index contributed by atoms with van der Waals surface area (Å²) in [7, 11) is -4.10. The van der Waals surface area contributed by atoms with Crippen LogP contribution in [0, 0.1) is 13.8 Å². The third-order valence-electron chi connectivity index (χ3n) is 6.67. The molecule has 9 heteroatoms. The van der Waals surface area contributed by atoms with Gasteiger partial charge in [-0.25, -0.2) is 8.42 Å². The smallest absolute Gasteiger partial charge is 0.264 e. The van der Waals surface area contributed by atoms with Crippen molar-refractivity contribution < 1.29 is 18.0 Å². The average Bonchev–Trinajstić information content (AvgIpc) is 2.91. The molecule has 0 aliphatic heterocycles. The Morgan fingerprint density at radius 1 is 0.949 bits per heavy atom. The summed E-state index contributed by atoms with van der Waals surface area (Å²) in [6.07, 6.45) is 0.736. The minimum absolute atomic E-state index is 0.0717. The number of amides is 2. The summed E-state index contributed by atoms with van der Waals surface area (Å²) in [6, 6.07) is 19.5. The molecule has 39 heavy (non-hydrogen) atoms. The lowest BCUT2D eigenvalue weighted by Gasteiger charge is -2.33. The van der Waals surface area contributed by atoms with E-state index < -0.39 is 28.5 Å². The van der Waals surface area contributed by atoms with Gasteiger partial charge in [0, 0.05) is 17.6 Å². The summed E-state index contributed by atoms with van der Waals surface area (Å²) in [5.74, 6) is -0.813. The van der Waals surface area contributed by atoms with Crippen LogP contribution in [0.2, 0.25) is 5.02 Å². The zero-order chi connectivity index (χ0) is 28.7. The topological polar surface area (TPSA) is 86.8 Å². The second kappa shape index (κ2) is 13.1. The zero-order valence-corrected chi connectivity index (χ0v) is 24.6. The Morgan fingerprint density at radius 2 is 1.59 bits per heavy atom. The first-order chi connectivity index (χ1) is 18.4. The molecule has 1 N–H and O–H groups in total. The number of aryl methyl sites for hydroxylation is 2. The third-order valence-corrected chi connectivity index (χ3v) is 8.69. The van der Waals surface area contributed by atoms with Crippen molar-refractivity contribution in [1.82, 2.24) is 10.2 Å². The van der Waals surface area contributed by atoms with E-state index in [4.69, 9.17) is 11.6 Å². The number of anilines is 1. The van der Waals surface area contributed by atoms with Crippen LogP contribution in [0.4, 0.5) is 5.69 Å². The van der Waals surface area contributed by atoms with Crippen molar-refractivity contribution in [2.75, 3.05) is 10.8 Å². The van der Waals surface area contributed by atoms with Crippen molar-refractivity contribution in [3.63, 3.8) is 0 Å². The molecule has 3 rings (SSSR count). The lowest BCUT2D eigenvalue weighted by Crippen LogP contribution is -2.52. The average molecular weight is 570 g/mol. The number of sulfonamides is 1. The minimum atomic E-state index is -4.10. The first kappa shape index (κ1) is 30.2. The van der Waals surface area contributed by atoms with Gasteiger partial charge >= 0.3 is 0 Å². The quantitative estimate of drug-likeness (QED) is 0.331. The molecule has 3 aromatic rings. The Bertz CT molecular complexity index is 1400. The summed E-state index contributed by atoms with van der Waals surface area (Å²) in [6.45, 7) is 8.87. The molecule has 0 aliphatic rings. The van der Waals surface area contributed by atoms with E-state index >= 15 is 0 Å². The largest absolute Gasteiger partial charge is 0.352 e. The van der Waals surface area contributed by atoms with Crippen LogP contribution >= 0.6 is 11.6 Å². The van der Waals surface area contributed by atoms with E-state index in [0.29, 0.717) is 16.3 Å². The van der Waals surface area contributed by atoms with Crippen LogP contribution in [0.25, 0.3) is 0 Å². The summed E-state index contributed by atoms with van der Waals surface area (Å²) >= 11 is 6.05. The molecule has 0 aromatic heterocycles. The highest BCUT2D eigenvalue weighted by Gasteiger charge is 2.33. The number of halogens is 1. The van der Waals surface area contributed by atoms with Crippen LogP contribution in [0.1, 0.15) is 43.9 Å². The molecule has 2 amide bonds. The van der Waals surface area contributed by atoms with Gasteiger partial charge in [-0.3, -0.25) is 13.9 Å². The lowest BCUT2D eigenvalue weighted by molar-refractivity contribution is -0.139. The number of hydrogen-bond acceptors (Lipinski definition) is 4. The summed E-state index contributed by atoms with van der Waals surface area (Å²) < 4.78 is 28.9. The second-order valence-electron chi connectivity index (χ2n) is 9.76. The van der Waals surface area contributed by atoms with Crippen LogP contribution < -0.4 is 9.62 Å². The van der Waals surface area contributed by atoms with Gasteiger partial charge < -0.3 is 10.2 Å². The monoisotopic (exact) mass is 569 g/mol. The van der Waals surface area contributed by atoms with Gasteiger partial charge in [0.2, 0.25) is 11.8 Å². The standard InChI is InChI=1S/C30H36ClN3O4S/c1-6-23(4)32-30(36)24(5)33(19-25-13-15-26(31)16-14-25)29(35)20-34(28-17-12-21(2)18-22(28)3)39(37,38)27-10-8-7-9-11-27/h7-18,23-24H,6,19-20H2,1-5H3,(H,32,36)/t23-,24-/m1/s1. The molecule has 0 unspecified atom stereocenters. The molecule has 0 fully saturated rings. The molecule has 0 heterocycles. The number of carbonyl (C=O) groups excluding carboxylic acids is 2. The van der Waals surface area contributed by atoms with E-state index in [0.717, 1.165) is 21.9 Å². The molecule has 0 saturated heterocycles. The molecular weight excluding hydrogens is 534 g/mol. The molecule has 0 bridgehead atoms. The van der Waals surface area contributed by atoms with E-state index in [1.165, 1.54) is 17.0 Å². The van der Waals surface area contributed by atoms with Crippen LogP contribution in [-0.4, -0.2) is 43.8 Å². The molecule has 0 saturated carbocycles. The van der Waals surface area contributed by atoms with Gasteiger partial charge in [0.25, 0.3) is 10.0 Å². The minimum Gasteiger partial charge on any atom is -0.352 e. The fourth-order valence-electron chi connectivity index (χ4n) is 4.15. The Balaban J connectivity index is 2.04. The van der Waals surface area contributed by atoms with Gasteiger partial charge in [-0.1, -0.05) is 66.6 Å². The van der Waals surface area contributed by atoms with Gasteiger partial charge in [-0.2, -0.15) is 0 Å². The van der Waals surface area contributed by atoms with Crippen LogP contribution in [0.15, 0.2) is 77.7 Å². The van der Waals surface area contributed by atoms with Crippen molar-refractivity contribution in [2.24, 2.45) is 0 Å². The predicted octanol–water partition coefficient (Wildman–Crippen LogP) is 5.48. The predicted molar refractivity (Wildman–Crippen MR) is 156 cm³/mol. The SMILES string of the molecule is CC[C@@H](C)NC(=O)[C@@H](C)N(Cc1ccc(Cl)cc1)C(=O)CN(c1ccc(C)cc1C)S(=O)(=O)c1ccccc1. The molecule has 3 aromatic carbocycles. The Morgan fingerprint density at radius 3 is 2.18 bits per heavy atom. The van der Waals surface area contributed by atoms with Crippen LogP contribution in [0.5, 0.6) is 0 Å². The highest BCUT2D eigenvalue weighted by molar-refractivity contribution is 7.92. The molecule has 2 atom stereocenters. The van der Waals surface area contributed by atoms with Gasteiger partial charge in [0.05, 0.1) is 10.6 Å². The Hall–Kier alpha value is -3.36. The van der Waals surface area contributed by atoms with E-state index in [1.807, 2.05) is 39.8 Å². The molecular formula is C30H36ClN3O4S. The molecule has 208 valence electrons. The first-order valence-corrected chi connectivity index (χ1v) is 14.7. The van der Waals surface area contributed by atoms with E-state index in [9.17, 15) is 18.0 Å². The van der Waals surface area contributed by atoms with Crippen LogP contribution in [-0.2, 0) is 26.2 Å². The molecule has 7 nitrogen and oxygen atoms in total. The van der Waals surface area contributed by atoms with Crippen molar-refractivity contribution in [3.8, 4) is 0 Å². The maximum Gasteiger partial charge on any atom is 0.264 e. The normalized spacial score (nSPS) is 12.9. The van der Waals surface area contributed by atoms with Crippen molar-refractivity contribution in [3.05, 3.63) is 94.5 Å². The number of benzene rings is 3. The number of nitrogens with one attached hydrogen (secondary N) is 1. The highest BCUT2D eigenvalue weighted by atomic mass is 35.5. The van der Waals surface area contributed by atoms with E-state index in [1.54, 1.807) is 55.5 Å². The fourth-order valence-corrected chi connectivity index (χ4v) is 5.78. The van der Waals surface area contributed by atoms with Crippen molar-refractivity contribution in [2.45, 2.75) is 64.6 Å². The maximum absolute atomic E-state index is 14.0. The fraction of sp³-hybridized carbons (Fsp3) is 0.333. The highest BCUT2D eigenvalue weighted by Crippen LogP contribution is 2.28. The van der Waals surface area contributed by atoms with E-state index in [-0.39, 0.29) is 23.4 Å². The summed E-state index contributed by atoms with van der Waals surface area (Å²) in [5, 5.41) is 3.48.